The Hall–Kier alpha value is -0.930. The van der Waals surface area contributed by atoms with Crippen LogP contribution in [0, 0.1) is 0 Å². The Labute approximate surface area is 117 Å². The Morgan fingerprint density at radius 2 is 2.16 bits per heavy atom. The van der Waals surface area contributed by atoms with Crippen molar-refractivity contribution in [2.75, 3.05) is 13.2 Å². The predicted molar refractivity (Wildman–Crippen MR) is 80.3 cm³/mol. The summed E-state index contributed by atoms with van der Waals surface area (Å²) in [5.74, 6) is 0. The average molecular weight is 264 g/mol. The molecule has 19 heavy (non-hydrogen) atoms. The lowest BCUT2D eigenvalue weighted by Gasteiger charge is -2.37. The normalized spacial score (nSPS) is 16.0. The Morgan fingerprint density at radius 3 is 2.68 bits per heavy atom. The van der Waals surface area contributed by atoms with E-state index in [4.69, 9.17) is 4.74 Å². The van der Waals surface area contributed by atoms with Crippen LogP contribution in [0.25, 0.3) is 0 Å². The monoisotopic (exact) mass is 264 g/mol. The molecule has 3 heteroatoms. The summed E-state index contributed by atoms with van der Waals surface area (Å²) < 4.78 is 6.03. The molecule has 1 aromatic heterocycles. The van der Waals surface area contributed by atoms with E-state index in [2.05, 4.69) is 44.1 Å². The molecule has 0 spiro atoms. The fourth-order valence-corrected chi connectivity index (χ4v) is 2.36. The van der Waals surface area contributed by atoms with Crippen molar-refractivity contribution in [3.8, 4) is 0 Å². The van der Waals surface area contributed by atoms with Gasteiger partial charge in [-0.25, -0.2) is 0 Å². The minimum Gasteiger partial charge on any atom is -0.374 e. The third kappa shape index (κ3) is 4.92. The van der Waals surface area contributed by atoms with E-state index in [0.717, 1.165) is 32.4 Å². The third-order valence-electron chi connectivity index (χ3n) is 3.72. The summed E-state index contributed by atoms with van der Waals surface area (Å²) in [4.78, 5) is 4.20. The molecule has 108 valence electrons. The Morgan fingerprint density at radius 1 is 1.37 bits per heavy atom. The second kappa shape index (κ2) is 8.28. The summed E-state index contributed by atoms with van der Waals surface area (Å²) in [5, 5.41) is 3.64. The van der Waals surface area contributed by atoms with E-state index in [1.165, 1.54) is 5.56 Å². The van der Waals surface area contributed by atoms with Crippen molar-refractivity contribution in [2.45, 2.75) is 58.6 Å². The maximum Gasteiger partial charge on any atom is 0.0807 e. The fourth-order valence-electron chi connectivity index (χ4n) is 2.36. The van der Waals surface area contributed by atoms with Gasteiger partial charge in [-0.2, -0.15) is 0 Å². The van der Waals surface area contributed by atoms with Gasteiger partial charge in [0, 0.05) is 25.0 Å². The van der Waals surface area contributed by atoms with Crippen molar-refractivity contribution in [3.05, 3.63) is 30.1 Å². The van der Waals surface area contributed by atoms with Crippen LogP contribution in [0.4, 0.5) is 0 Å². The van der Waals surface area contributed by atoms with Crippen molar-refractivity contribution in [2.24, 2.45) is 0 Å². The first-order valence-electron chi connectivity index (χ1n) is 7.42. The molecule has 3 nitrogen and oxygen atoms in total. The van der Waals surface area contributed by atoms with Crippen molar-refractivity contribution in [1.29, 1.82) is 0 Å². The summed E-state index contributed by atoms with van der Waals surface area (Å²) in [6, 6.07) is 4.45. The topological polar surface area (TPSA) is 34.2 Å². The van der Waals surface area contributed by atoms with Crippen LogP contribution in [0.5, 0.6) is 0 Å². The molecule has 0 aliphatic heterocycles. The second-order valence-corrected chi connectivity index (χ2v) is 5.17. The van der Waals surface area contributed by atoms with Gasteiger partial charge >= 0.3 is 0 Å². The van der Waals surface area contributed by atoms with Crippen LogP contribution in [0.1, 0.15) is 46.1 Å². The number of aromatic nitrogens is 1. The van der Waals surface area contributed by atoms with Crippen molar-refractivity contribution < 1.29 is 4.74 Å². The van der Waals surface area contributed by atoms with E-state index in [0.29, 0.717) is 6.04 Å². The highest BCUT2D eigenvalue weighted by Crippen LogP contribution is 2.23. The highest BCUT2D eigenvalue weighted by Gasteiger charge is 2.32. The number of nitrogens with zero attached hydrogens (tertiary/aromatic N) is 1. The summed E-state index contributed by atoms with van der Waals surface area (Å²) >= 11 is 0. The first-order chi connectivity index (χ1) is 9.16. The van der Waals surface area contributed by atoms with Crippen LogP contribution in [0.2, 0.25) is 0 Å². The minimum absolute atomic E-state index is 0.125. The summed E-state index contributed by atoms with van der Waals surface area (Å²) in [6.07, 6.45) is 6.86. The zero-order valence-corrected chi connectivity index (χ0v) is 12.8. The van der Waals surface area contributed by atoms with E-state index in [9.17, 15) is 0 Å². The van der Waals surface area contributed by atoms with Crippen LogP contribution >= 0.6 is 0 Å². The van der Waals surface area contributed by atoms with Crippen molar-refractivity contribution in [1.82, 2.24) is 10.3 Å². The van der Waals surface area contributed by atoms with E-state index >= 15 is 0 Å². The van der Waals surface area contributed by atoms with Gasteiger partial charge in [-0.1, -0.05) is 19.9 Å². The zero-order valence-electron chi connectivity index (χ0n) is 12.8. The van der Waals surface area contributed by atoms with Crippen molar-refractivity contribution in [3.63, 3.8) is 0 Å². The maximum absolute atomic E-state index is 6.03. The van der Waals surface area contributed by atoms with Crippen molar-refractivity contribution >= 4 is 0 Å². The summed E-state index contributed by atoms with van der Waals surface area (Å²) in [5.41, 5.74) is 1.13. The number of nitrogens with one attached hydrogen (secondary N) is 1. The summed E-state index contributed by atoms with van der Waals surface area (Å²) in [7, 11) is 0. The summed E-state index contributed by atoms with van der Waals surface area (Å²) in [6.45, 7) is 10.4. The van der Waals surface area contributed by atoms with Gasteiger partial charge in [0.2, 0.25) is 0 Å². The standard InChI is InChI=1S/C16H28N2O/c1-5-10-18-15(16(4,6-2)19-7-3)12-14-9-8-11-17-13-14/h8-9,11,13,15,18H,5-7,10,12H2,1-4H3. The molecule has 0 aromatic carbocycles. The molecule has 0 fully saturated rings. The van der Waals surface area contributed by atoms with Gasteiger partial charge in [0.05, 0.1) is 5.60 Å². The molecule has 0 amide bonds. The van der Waals surface area contributed by atoms with E-state index in [1.807, 2.05) is 18.5 Å². The lowest BCUT2D eigenvalue weighted by Crippen LogP contribution is -2.51. The molecule has 1 rings (SSSR count). The molecule has 0 radical (unpaired) electrons. The van der Waals surface area contributed by atoms with Crippen LogP contribution < -0.4 is 5.32 Å². The van der Waals surface area contributed by atoms with E-state index in [1.54, 1.807) is 0 Å². The number of hydrogen-bond donors (Lipinski definition) is 1. The molecule has 0 saturated heterocycles. The smallest absolute Gasteiger partial charge is 0.0807 e. The van der Waals surface area contributed by atoms with Crippen LogP contribution in [0.15, 0.2) is 24.5 Å². The Balaban J connectivity index is 2.80. The number of ether oxygens (including phenoxy) is 1. The van der Waals surface area contributed by atoms with Gasteiger partial charge in [-0.05, 0) is 51.3 Å². The lowest BCUT2D eigenvalue weighted by atomic mass is 9.88. The van der Waals surface area contributed by atoms with Crippen LogP contribution in [-0.2, 0) is 11.2 Å². The molecule has 0 aliphatic rings. The van der Waals surface area contributed by atoms with Gasteiger partial charge in [0.1, 0.15) is 0 Å². The molecule has 1 aromatic rings. The van der Waals surface area contributed by atoms with Crippen LogP contribution in [-0.4, -0.2) is 29.8 Å². The first kappa shape index (κ1) is 16.1. The molecule has 2 atom stereocenters. The van der Waals surface area contributed by atoms with Gasteiger partial charge in [0.25, 0.3) is 0 Å². The molecular formula is C16H28N2O. The lowest BCUT2D eigenvalue weighted by molar-refractivity contribution is -0.0549. The number of rotatable bonds is 9. The fraction of sp³-hybridized carbons (Fsp3) is 0.688. The third-order valence-corrected chi connectivity index (χ3v) is 3.72. The Kier molecular flexibility index (Phi) is 7.03. The number of hydrogen-bond acceptors (Lipinski definition) is 3. The first-order valence-corrected chi connectivity index (χ1v) is 7.42. The zero-order chi connectivity index (χ0) is 14.1. The van der Waals surface area contributed by atoms with Gasteiger partial charge in [-0.15, -0.1) is 0 Å². The molecule has 2 unspecified atom stereocenters. The molecule has 1 heterocycles. The maximum atomic E-state index is 6.03. The largest absolute Gasteiger partial charge is 0.374 e. The van der Waals surface area contributed by atoms with Gasteiger partial charge < -0.3 is 10.1 Å². The molecule has 0 saturated carbocycles. The second-order valence-electron chi connectivity index (χ2n) is 5.17. The molecule has 0 bridgehead atoms. The minimum atomic E-state index is -0.125. The average Bonchev–Trinajstić information content (AvgIpc) is 2.44. The molecule has 0 aliphatic carbocycles. The van der Waals surface area contributed by atoms with E-state index < -0.39 is 0 Å². The SMILES string of the molecule is CCCNC(Cc1cccnc1)C(C)(CC)OCC. The Bertz CT molecular complexity index is 342. The highest BCUT2D eigenvalue weighted by molar-refractivity contribution is 5.12. The highest BCUT2D eigenvalue weighted by atomic mass is 16.5. The molecule has 1 N–H and O–H groups in total. The predicted octanol–water partition coefficient (Wildman–Crippen LogP) is 3.20. The van der Waals surface area contributed by atoms with Gasteiger partial charge in [0.15, 0.2) is 0 Å². The quantitative estimate of drug-likeness (QED) is 0.743. The van der Waals surface area contributed by atoms with Gasteiger partial charge in [-0.3, -0.25) is 4.98 Å². The van der Waals surface area contributed by atoms with E-state index in [-0.39, 0.29) is 5.60 Å². The molecular weight excluding hydrogens is 236 g/mol. The number of pyridine rings is 1. The van der Waals surface area contributed by atoms with Crippen LogP contribution in [0.3, 0.4) is 0 Å².